The van der Waals surface area contributed by atoms with E-state index in [1.165, 1.54) is 19.2 Å². The molecule has 1 heterocycles. The second-order valence-corrected chi connectivity index (χ2v) is 8.04. The Morgan fingerprint density at radius 1 is 1.14 bits per heavy atom. The lowest BCUT2D eigenvalue weighted by Crippen LogP contribution is -2.37. The normalized spacial score (nSPS) is 16.5. The summed E-state index contributed by atoms with van der Waals surface area (Å²) in [7, 11) is -2.27. The van der Waals surface area contributed by atoms with Crippen molar-refractivity contribution in [1.29, 1.82) is 0 Å². The first-order valence-electron chi connectivity index (χ1n) is 8.77. The zero-order valence-electron chi connectivity index (χ0n) is 15.5. The molecule has 1 amide bonds. The minimum Gasteiger partial charge on any atom is -0.497 e. The average Bonchev–Trinajstić information content (AvgIpc) is 2.70. The molecule has 2 aromatic carbocycles. The van der Waals surface area contributed by atoms with Gasteiger partial charge in [-0.2, -0.15) is 0 Å². The third-order valence-electron chi connectivity index (χ3n) is 4.47. The Bertz CT molecular complexity index is 904. The zero-order valence-corrected chi connectivity index (χ0v) is 17.1. The molecule has 2 aromatic rings. The second-order valence-electron chi connectivity index (χ2n) is 6.36. The number of benzene rings is 2. The molecule has 1 aliphatic rings. The smallest absolute Gasteiger partial charge is 0.261 e. The topological polar surface area (TPSA) is 96.5 Å². The molecule has 0 aliphatic carbocycles. The number of sulfonamides is 1. The lowest BCUT2D eigenvalue weighted by molar-refractivity contribution is -0.120. The van der Waals surface area contributed by atoms with Gasteiger partial charge in [-0.3, -0.25) is 9.52 Å². The SMILES string of the molecule is COc1ccc(S(=O)(=O)Nc2ccccc2NC(=O)C2CCCNC2)cc1.Cl.[HH]. The van der Waals surface area contributed by atoms with Crippen molar-refractivity contribution in [2.24, 2.45) is 5.92 Å². The Balaban J connectivity index is 0.00000210. The molecule has 1 saturated heterocycles. The van der Waals surface area contributed by atoms with E-state index < -0.39 is 10.0 Å². The minimum absolute atomic E-state index is 0. The van der Waals surface area contributed by atoms with Gasteiger partial charge in [-0.25, -0.2) is 8.42 Å². The maximum Gasteiger partial charge on any atom is 0.261 e. The van der Waals surface area contributed by atoms with Crippen LogP contribution in [0, 0.1) is 5.92 Å². The number of para-hydroxylation sites is 2. The molecule has 3 rings (SSSR count). The fourth-order valence-corrected chi connectivity index (χ4v) is 4.03. The van der Waals surface area contributed by atoms with E-state index in [2.05, 4.69) is 15.4 Å². The molecule has 1 fully saturated rings. The highest BCUT2D eigenvalue weighted by Gasteiger charge is 2.22. The molecule has 0 spiro atoms. The van der Waals surface area contributed by atoms with Gasteiger partial charge in [0.05, 0.1) is 29.3 Å². The number of nitrogens with one attached hydrogen (secondary N) is 3. The maximum atomic E-state index is 12.7. The highest BCUT2D eigenvalue weighted by Crippen LogP contribution is 2.26. The molecule has 1 atom stereocenters. The third kappa shape index (κ3) is 5.37. The van der Waals surface area contributed by atoms with Crippen LogP contribution in [-0.4, -0.2) is 34.5 Å². The predicted molar refractivity (Wildman–Crippen MR) is 114 cm³/mol. The summed E-state index contributed by atoms with van der Waals surface area (Å²) in [5, 5.41) is 6.05. The summed E-state index contributed by atoms with van der Waals surface area (Å²) in [6.07, 6.45) is 1.77. The van der Waals surface area contributed by atoms with Gasteiger partial charge in [0.2, 0.25) is 5.91 Å². The summed E-state index contributed by atoms with van der Waals surface area (Å²) in [4.78, 5) is 12.6. The zero-order chi connectivity index (χ0) is 19.3. The van der Waals surface area contributed by atoms with Crippen molar-refractivity contribution in [2.45, 2.75) is 17.7 Å². The van der Waals surface area contributed by atoms with Crippen LogP contribution in [0.3, 0.4) is 0 Å². The van der Waals surface area contributed by atoms with E-state index in [9.17, 15) is 13.2 Å². The van der Waals surface area contributed by atoms with Gasteiger partial charge in [0.25, 0.3) is 10.0 Å². The van der Waals surface area contributed by atoms with E-state index in [0.29, 0.717) is 23.7 Å². The number of piperidine rings is 1. The molecule has 9 heteroatoms. The van der Waals surface area contributed by atoms with Gasteiger partial charge in [-0.1, -0.05) is 12.1 Å². The van der Waals surface area contributed by atoms with Crippen LogP contribution in [0.5, 0.6) is 5.75 Å². The Morgan fingerprint density at radius 3 is 2.43 bits per heavy atom. The summed E-state index contributed by atoms with van der Waals surface area (Å²) in [6.45, 7) is 1.55. The van der Waals surface area contributed by atoms with Crippen LogP contribution in [0.25, 0.3) is 0 Å². The maximum absolute atomic E-state index is 12.7. The first-order valence-corrected chi connectivity index (χ1v) is 10.3. The van der Waals surface area contributed by atoms with Gasteiger partial charge in [-0.05, 0) is 55.8 Å². The van der Waals surface area contributed by atoms with E-state index in [1.54, 1.807) is 36.4 Å². The molecule has 1 aliphatic heterocycles. The van der Waals surface area contributed by atoms with E-state index in [0.717, 1.165) is 19.4 Å². The number of amides is 1. The molecule has 7 nitrogen and oxygen atoms in total. The molecule has 28 heavy (non-hydrogen) atoms. The van der Waals surface area contributed by atoms with Crippen LogP contribution in [0.4, 0.5) is 11.4 Å². The summed E-state index contributed by atoms with van der Waals surface area (Å²) in [5.41, 5.74) is 0.760. The summed E-state index contributed by atoms with van der Waals surface area (Å²) < 4.78 is 32.9. The number of carbonyl (C=O) groups excluding carboxylic acids is 1. The lowest BCUT2D eigenvalue weighted by Gasteiger charge is -2.22. The van der Waals surface area contributed by atoms with Crippen molar-refractivity contribution >= 4 is 39.7 Å². The van der Waals surface area contributed by atoms with E-state index in [1.807, 2.05) is 0 Å². The lowest BCUT2D eigenvalue weighted by atomic mass is 9.99. The number of methoxy groups -OCH3 is 1. The highest BCUT2D eigenvalue weighted by molar-refractivity contribution is 7.92. The Kier molecular flexibility index (Phi) is 7.68. The number of rotatable bonds is 6. The van der Waals surface area contributed by atoms with Gasteiger partial charge < -0.3 is 15.4 Å². The van der Waals surface area contributed by atoms with E-state index >= 15 is 0 Å². The first kappa shape index (κ1) is 22.0. The van der Waals surface area contributed by atoms with Crippen LogP contribution in [0.15, 0.2) is 53.4 Å². The fraction of sp³-hybridized carbons (Fsp3) is 0.316. The molecular formula is C19H26ClN3O4S. The minimum atomic E-state index is -3.79. The van der Waals surface area contributed by atoms with Crippen molar-refractivity contribution in [1.82, 2.24) is 5.32 Å². The highest BCUT2D eigenvalue weighted by atomic mass is 35.5. The molecule has 154 valence electrons. The predicted octanol–water partition coefficient (Wildman–Crippen LogP) is 3.10. The van der Waals surface area contributed by atoms with Gasteiger partial charge in [-0.15, -0.1) is 12.4 Å². The van der Waals surface area contributed by atoms with Crippen LogP contribution >= 0.6 is 12.4 Å². The van der Waals surface area contributed by atoms with Crippen molar-refractivity contribution in [3.8, 4) is 5.75 Å². The Labute approximate surface area is 172 Å². The monoisotopic (exact) mass is 427 g/mol. The summed E-state index contributed by atoms with van der Waals surface area (Å²) in [6, 6.07) is 12.9. The molecule has 0 bridgehead atoms. The largest absolute Gasteiger partial charge is 0.497 e. The van der Waals surface area contributed by atoms with Crippen LogP contribution < -0.4 is 20.1 Å². The first-order chi connectivity index (χ1) is 13.0. The van der Waals surface area contributed by atoms with Gasteiger partial charge in [0.1, 0.15) is 5.75 Å². The van der Waals surface area contributed by atoms with Crippen molar-refractivity contribution in [3.05, 3.63) is 48.5 Å². The molecule has 1 unspecified atom stereocenters. The van der Waals surface area contributed by atoms with Crippen LogP contribution in [-0.2, 0) is 14.8 Å². The number of carbonyl (C=O) groups is 1. The van der Waals surface area contributed by atoms with Gasteiger partial charge >= 0.3 is 0 Å². The Morgan fingerprint density at radius 2 is 1.82 bits per heavy atom. The van der Waals surface area contributed by atoms with E-state index in [4.69, 9.17) is 4.74 Å². The summed E-state index contributed by atoms with van der Waals surface area (Å²) >= 11 is 0. The molecule has 3 N–H and O–H groups in total. The fourth-order valence-electron chi connectivity index (χ4n) is 2.95. The van der Waals surface area contributed by atoms with E-state index in [-0.39, 0.29) is 30.6 Å². The number of anilines is 2. The number of ether oxygens (including phenoxy) is 1. The van der Waals surface area contributed by atoms with Crippen LogP contribution in [0.2, 0.25) is 0 Å². The Hall–Kier alpha value is -2.29. The average molecular weight is 428 g/mol. The molecular weight excluding hydrogens is 402 g/mol. The van der Waals surface area contributed by atoms with Gasteiger partial charge in [0.15, 0.2) is 0 Å². The molecule has 0 radical (unpaired) electrons. The summed E-state index contributed by atoms with van der Waals surface area (Å²) in [5.74, 6) is 0.339. The number of hydrogen-bond donors (Lipinski definition) is 3. The molecule has 0 saturated carbocycles. The third-order valence-corrected chi connectivity index (χ3v) is 5.85. The molecule has 0 aromatic heterocycles. The van der Waals surface area contributed by atoms with Crippen molar-refractivity contribution in [2.75, 3.05) is 30.2 Å². The van der Waals surface area contributed by atoms with Gasteiger partial charge in [0, 0.05) is 7.97 Å². The number of halogens is 1. The van der Waals surface area contributed by atoms with Crippen LogP contribution in [0.1, 0.15) is 14.3 Å². The quantitative estimate of drug-likeness (QED) is 0.658. The number of hydrogen-bond acceptors (Lipinski definition) is 5. The van der Waals surface area contributed by atoms with Crippen molar-refractivity contribution < 1.29 is 19.4 Å². The van der Waals surface area contributed by atoms with Crippen molar-refractivity contribution in [3.63, 3.8) is 0 Å². The standard InChI is InChI=1S/C19H23N3O4S.ClH.H2/c1-26-15-8-10-16(11-9-15)27(24,25)22-18-7-3-2-6-17(18)21-19(23)14-5-4-12-20-13-14;;/h2-3,6-11,14,20,22H,4-5,12-13H2,1H3,(H,21,23);2*1H. The second kappa shape index (κ2) is 9.77.